The van der Waals surface area contributed by atoms with Gasteiger partial charge in [0.2, 0.25) is 17.6 Å². The molecule has 7 heteroatoms. The van der Waals surface area contributed by atoms with Crippen molar-refractivity contribution < 1.29 is 9.32 Å². The zero-order valence-corrected chi connectivity index (χ0v) is 11.9. The smallest absolute Gasteiger partial charge is 0.246 e. The zero-order chi connectivity index (χ0) is 14.7. The molecule has 1 fully saturated rings. The van der Waals surface area contributed by atoms with Gasteiger partial charge in [0.1, 0.15) is 5.69 Å². The summed E-state index contributed by atoms with van der Waals surface area (Å²) >= 11 is 0. The Morgan fingerprint density at radius 1 is 1.24 bits per heavy atom. The van der Waals surface area contributed by atoms with Gasteiger partial charge in [-0.3, -0.25) is 4.79 Å². The van der Waals surface area contributed by atoms with Gasteiger partial charge in [-0.15, -0.1) is 5.10 Å². The summed E-state index contributed by atoms with van der Waals surface area (Å²) in [6.45, 7) is 2.98. The van der Waals surface area contributed by atoms with E-state index in [1.54, 1.807) is 11.0 Å². The van der Waals surface area contributed by atoms with Crippen LogP contribution in [0.25, 0.3) is 11.5 Å². The molecule has 3 heterocycles. The molecule has 0 spiro atoms. The van der Waals surface area contributed by atoms with Crippen molar-refractivity contribution in [3.05, 3.63) is 23.7 Å². The summed E-state index contributed by atoms with van der Waals surface area (Å²) in [6, 6.07) is 3.64. The van der Waals surface area contributed by atoms with Crippen LogP contribution in [0.1, 0.15) is 37.3 Å². The fourth-order valence-corrected chi connectivity index (χ4v) is 2.31. The monoisotopic (exact) mass is 287 g/mol. The minimum Gasteiger partial charge on any atom is -0.337 e. The second-order valence-corrected chi connectivity index (χ2v) is 5.20. The lowest BCUT2D eigenvalue weighted by atomic mass is 10.2. The van der Waals surface area contributed by atoms with Crippen LogP contribution < -0.4 is 0 Å². The Morgan fingerprint density at radius 2 is 2.14 bits per heavy atom. The van der Waals surface area contributed by atoms with Crippen molar-refractivity contribution in [2.45, 2.75) is 39.2 Å². The Balaban J connectivity index is 1.72. The Bertz CT molecular complexity index is 623. The number of hydrogen-bond donors (Lipinski definition) is 0. The molecule has 110 valence electrons. The predicted octanol–water partition coefficient (Wildman–Crippen LogP) is 1.74. The summed E-state index contributed by atoms with van der Waals surface area (Å²) in [5.41, 5.74) is 1.40. The first-order valence-electron chi connectivity index (χ1n) is 7.13. The maximum Gasteiger partial charge on any atom is 0.246 e. The van der Waals surface area contributed by atoms with Gasteiger partial charge < -0.3 is 9.42 Å². The van der Waals surface area contributed by atoms with Gasteiger partial charge in [0.15, 0.2) is 0 Å². The molecule has 1 aliphatic heterocycles. The van der Waals surface area contributed by atoms with Gasteiger partial charge in [0.25, 0.3) is 0 Å². The van der Waals surface area contributed by atoms with Crippen molar-refractivity contribution in [1.29, 1.82) is 0 Å². The van der Waals surface area contributed by atoms with Gasteiger partial charge in [-0.1, -0.05) is 11.6 Å². The molecule has 2 aromatic heterocycles. The molecule has 1 saturated heterocycles. The van der Waals surface area contributed by atoms with E-state index in [-0.39, 0.29) is 5.91 Å². The highest BCUT2D eigenvalue weighted by Crippen LogP contribution is 2.16. The summed E-state index contributed by atoms with van der Waals surface area (Å²) in [7, 11) is 0. The van der Waals surface area contributed by atoms with E-state index < -0.39 is 0 Å². The molecule has 0 unspecified atom stereocenters. The van der Waals surface area contributed by atoms with Crippen molar-refractivity contribution in [2.75, 3.05) is 6.54 Å². The molecular weight excluding hydrogens is 270 g/mol. The van der Waals surface area contributed by atoms with Crippen LogP contribution in [0.15, 0.2) is 16.7 Å². The van der Waals surface area contributed by atoms with Crippen molar-refractivity contribution in [1.82, 2.24) is 25.2 Å². The Kier molecular flexibility index (Phi) is 3.89. The number of aromatic nitrogens is 4. The Morgan fingerprint density at radius 3 is 2.95 bits per heavy atom. The molecule has 21 heavy (non-hydrogen) atoms. The maximum absolute atomic E-state index is 11.9. The van der Waals surface area contributed by atoms with Crippen LogP contribution in [0.3, 0.4) is 0 Å². The van der Waals surface area contributed by atoms with E-state index in [1.165, 1.54) is 0 Å². The standard InChI is InChI=1S/C14H17N5O2/c1-10-6-7-11(17-16-10)14-15-12(21-18-14)9-19-8-4-2-3-5-13(19)20/h6-7H,2-5,8-9H2,1H3. The molecule has 0 aliphatic carbocycles. The number of hydrogen-bond acceptors (Lipinski definition) is 6. The molecule has 0 aromatic carbocycles. The quantitative estimate of drug-likeness (QED) is 0.854. The van der Waals surface area contributed by atoms with E-state index in [1.807, 2.05) is 13.0 Å². The van der Waals surface area contributed by atoms with E-state index in [0.717, 1.165) is 31.5 Å². The van der Waals surface area contributed by atoms with Crippen LogP contribution in [0.2, 0.25) is 0 Å². The molecule has 3 rings (SSSR count). The fourth-order valence-electron chi connectivity index (χ4n) is 2.31. The first-order chi connectivity index (χ1) is 10.2. The Hall–Kier alpha value is -2.31. The Labute approximate surface area is 122 Å². The number of nitrogens with zero attached hydrogens (tertiary/aromatic N) is 5. The van der Waals surface area contributed by atoms with Gasteiger partial charge >= 0.3 is 0 Å². The lowest BCUT2D eigenvalue weighted by Crippen LogP contribution is -2.29. The minimum absolute atomic E-state index is 0.155. The third-order valence-electron chi connectivity index (χ3n) is 3.49. The SMILES string of the molecule is Cc1ccc(-c2noc(CN3CCCCCC3=O)n2)nn1. The highest BCUT2D eigenvalue weighted by atomic mass is 16.5. The summed E-state index contributed by atoms with van der Waals surface area (Å²) in [6.07, 6.45) is 3.68. The molecule has 2 aromatic rings. The number of aryl methyl sites for hydroxylation is 1. The van der Waals surface area contributed by atoms with Crippen LogP contribution in [0, 0.1) is 6.92 Å². The normalized spacial score (nSPS) is 16.0. The summed E-state index contributed by atoms with van der Waals surface area (Å²) < 4.78 is 5.22. The van der Waals surface area contributed by atoms with Crippen molar-refractivity contribution in [2.24, 2.45) is 0 Å². The van der Waals surface area contributed by atoms with Crippen molar-refractivity contribution in [3.8, 4) is 11.5 Å². The fraction of sp³-hybridized carbons (Fsp3) is 0.500. The topological polar surface area (TPSA) is 85.0 Å². The van der Waals surface area contributed by atoms with E-state index >= 15 is 0 Å². The van der Waals surface area contributed by atoms with Gasteiger partial charge in [-0.25, -0.2) is 0 Å². The molecule has 0 saturated carbocycles. The summed E-state index contributed by atoms with van der Waals surface area (Å²) in [4.78, 5) is 18.0. The molecular formula is C14H17N5O2. The predicted molar refractivity (Wildman–Crippen MR) is 73.9 cm³/mol. The number of carbonyl (C=O) groups is 1. The van der Waals surface area contributed by atoms with Crippen LogP contribution in [0.4, 0.5) is 0 Å². The van der Waals surface area contributed by atoms with Crippen molar-refractivity contribution in [3.63, 3.8) is 0 Å². The maximum atomic E-state index is 11.9. The second kappa shape index (κ2) is 5.99. The molecule has 0 atom stereocenters. The molecule has 7 nitrogen and oxygen atoms in total. The first-order valence-corrected chi connectivity index (χ1v) is 7.13. The van der Waals surface area contributed by atoms with Crippen molar-refractivity contribution >= 4 is 5.91 Å². The largest absolute Gasteiger partial charge is 0.337 e. The molecule has 0 bridgehead atoms. The van der Waals surface area contributed by atoms with Crippen LogP contribution in [-0.2, 0) is 11.3 Å². The highest BCUT2D eigenvalue weighted by Gasteiger charge is 2.20. The number of carbonyl (C=O) groups excluding carboxylic acids is 1. The number of rotatable bonds is 3. The molecule has 1 aliphatic rings. The van der Waals surface area contributed by atoms with Crippen LogP contribution >= 0.6 is 0 Å². The second-order valence-electron chi connectivity index (χ2n) is 5.20. The van der Waals surface area contributed by atoms with Gasteiger partial charge in [0.05, 0.1) is 12.2 Å². The number of likely N-dealkylation sites (tertiary alicyclic amines) is 1. The van der Waals surface area contributed by atoms with Gasteiger partial charge in [-0.05, 0) is 31.9 Å². The average molecular weight is 287 g/mol. The molecule has 0 N–H and O–H groups in total. The van der Waals surface area contributed by atoms with Crippen LogP contribution in [-0.4, -0.2) is 37.7 Å². The van der Waals surface area contributed by atoms with Crippen LogP contribution in [0.5, 0.6) is 0 Å². The van der Waals surface area contributed by atoms with E-state index in [4.69, 9.17) is 4.52 Å². The first kappa shape index (κ1) is 13.7. The number of amides is 1. The van der Waals surface area contributed by atoms with E-state index in [9.17, 15) is 4.79 Å². The molecule has 0 radical (unpaired) electrons. The minimum atomic E-state index is 0.155. The third kappa shape index (κ3) is 3.24. The van der Waals surface area contributed by atoms with Gasteiger partial charge in [-0.2, -0.15) is 10.1 Å². The summed E-state index contributed by atoms with van der Waals surface area (Å²) in [5.74, 6) is 0.991. The highest BCUT2D eigenvalue weighted by molar-refractivity contribution is 5.76. The van der Waals surface area contributed by atoms with E-state index in [0.29, 0.717) is 30.4 Å². The third-order valence-corrected chi connectivity index (χ3v) is 3.49. The lowest BCUT2D eigenvalue weighted by molar-refractivity contribution is -0.131. The van der Waals surface area contributed by atoms with E-state index in [2.05, 4.69) is 20.3 Å². The zero-order valence-electron chi connectivity index (χ0n) is 11.9. The van der Waals surface area contributed by atoms with Gasteiger partial charge in [0, 0.05) is 13.0 Å². The molecule has 1 amide bonds. The average Bonchev–Trinajstić information content (AvgIpc) is 2.85. The summed E-state index contributed by atoms with van der Waals surface area (Å²) in [5, 5.41) is 11.9. The lowest BCUT2D eigenvalue weighted by Gasteiger charge is -2.17.